The molecule has 0 aliphatic heterocycles. The van der Waals surface area contributed by atoms with Gasteiger partial charge in [-0.3, -0.25) is 0 Å². The highest BCUT2D eigenvalue weighted by molar-refractivity contribution is 5.82. The van der Waals surface area contributed by atoms with Crippen molar-refractivity contribution >= 4 is 11.9 Å². The average Bonchev–Trinajstić information content (AvgIpc) is 2.65. The molecular formula is C14H7F17O4. The molecule has 0 bridgehead atoms. The Kier molecular flexibility index (Phi) is 8.22. The van der Waals surface area contributed by atoms with Crippen LogP contribution in [-0.4, -0.2) is 65.9 Å². The number of ether oxygens (including phenoxy) is 2. The number of hydrogen-bond acceptors (Lipinski definition) is 4. The minimum atomic E-state index is -8.83. The molecule has 0 radical (unpaired) electrons. The number of hydrogen-bond donors (Lipinski definition) is 0. The van der Waals surface area contributed by atoms with Gasteiger partial charge >= 0.3 is 59.6 Å². The van der Waals surface area contributed by atoms with Crippen molar-refractivity contribution in [2.24, 2.45) is 0 Å². The van der Waals surface area contributed by atoms with Crippen LogP contribution in [0.15, 0.2) is 12.7 Å². The average molecular weight is 562 g/mol. The zero-order valence-corrected chi connectivity index (χ0v) is 15.9. The van der Waals surface area contributed by atoms with E-state index in [1.807, 2.05) is 0 Å². The quantitative estimate of drug-likeness (QED) is 0.150. The van der Waals surface area contributed by atoms with Crippen molar-refractivity contribution in [3.05, 3.63) is 12.7 Å². The zero-order valence-electron chi connectivity index (χ0n) is 15.9. The van der Waals surface area contributed by atoms with Gasteiger partial charge in [0.1, 0.15) is 0 Å². The van der Waals surface area contributed by atoms with E-state index >= 15 is 0 Å². The van der Waals surface area contributed by atoms with Crippen molar-refractivity contribution in [3.63, 3.8) is 0 Å². The van der Waals surface area contributed by atoms with E-state index in [0.717, 1.165) is 0 Å². The van der Waals surface area contributed by atoms with Crippen LogP contribution >= 0.6 is 0 Å². The second-order valence-corrected chi connectivity index (χ2v) is 6.13. The van der Waals surface area contributed by atoms with E-state index < -0.39 is 65.9 Å². The number of carbonyl (C=O) groups is 2. The lowest BCUT2D eigenvalue weighted by atomic mass is 9.89. The van der Waals surface area contributed by atoms with Crippen LogP contribution in [0.5, 0.6) is 0 Å². The van der Waals surface area contributed by atoms with Crippen molar-refractivity contribution in [1.29, 1.82) is 0 Å². The van der Waals surface area contributed by atoms with Gasteiger partial charge in [0.2, 0.25) is 6.29 Å². The van der Waals surface area contributed by atoms with E-state index in [1.54, 1.807) is 0 Å². The van der Waals surface area contributed by atoms with Crippen LogP contribution in [0.2, 0.25) is 0 Å². The molecule has 0 aliphatic carbocycles. The summed E-state index contributed by atoms with van der Waals surface area (Å²) in [5.74, 6) is -64.6. The van der Waals surface area contributed by atoms with Gasteiger partial charge in [-0.05, 0) is 0 Å². The molecule has 0 heterocycles. The third-order valence-electron chi connectivity index (χ3n) is 3.70. The number of carbonyl (C=O) groups excluding carboxylic acids is 2. The molecule has 0 aromatic heterocycles. The molecule has 1 atom stereocenters. The van der Waals surface area contributed by atoms with Crippen LogP contribution in [0.1, 0.15) is 6.92 Å². The molecule has 0 fully saturated rings. The maximum Gasteiger partial charge on any atom is 0.460 e. The predicted octanol–water partition coefficient (Wildman–Crippen LogP) is 5.61. The Morgan fingerprint density at radius 2 is 0.914 bits per heavy atom. The molecule has 0 saturated heterocycles. The molecular weight excluding hydrogens is 555 g/mol. The van der Waals surface area contributed by atoms with E-state index in [-0.39, 0.29) is 13.0 Å². The molecule has 4 nitrogen and oxygen atoms in total. The SMILES string of the molecule is C=CC(=O)OC(C)OC(=O)C(F)(F)C(F)(F)C(F)(F)C(F)(F)C(F)(F)C(F)(F)C(F)(F)C(F)(F)F. The summed E-state index contributed by atoms with van der Waals surface area (Å²) in [7, 11) is 0. The molecule has 0 amide bonds. The first-order chi connectivity index (χ1) is 15.0. The monoisotopic (exact) mass is 562 g/mol. The lowest BCUT2D eigenvalue weighted by Gasteiger charge is -2.42. The predicted molar refractivity (Wildman–Crippen MR) is 72.5 cm³/mol. The lowest BCUT2D eigenvalue weighted by molar-refractivity contribution is -0.460. The first-order valence-electron chi connectivity index (χ1n) is 7.77. The van der Waals surface area contributed by atoms with E-state index in [1.165, 1.54) is 0 Å². The van der Waals surface area contributed by atoms with Crippen molar-refractivity contribution in [2.75, 3.05) is 0 Å². The molecule has 0 aliphatic rings. The standard InChI is InChI=1S/C14H7F17O4/c1-3-5(32)34-4(2)35-6(33)7(15,16)8(17,18)9(19,20)10(21,22)11(23,24)12(25,26)13(27,28)14(29,30)31/h3-4H,1H2,2H3. The molecule has 206 valence electrons. The van der Waals surface area contributed by atoms with E-state index in [4.69, 9.17) is 0 Å². The van der Waals surface area contributed by atoms with Gasteiger partial charge in [-0.15, -0.1) is 0 Å². The Balaban J connectivity index is 6.56. The second-order valence-electron chi connectivity index (χ2n) is 6.13. The van der Waals surface area contributed by atoms with E-state index in [9.17, 15) is 84.2 Å². The van der Waals surface area contributed by atoms with Crippen LogP contribution in [0.25, 0.3) is 0 Å². The van der Waals surface area contributed by atoms with Gasteiger partial charge in [0.05, 0.1) is 0 Å². The van der Waals surface area contributed by atoms with E-state index in [0.29, 0.717) is 0 Å². The molecule has 0 spiro atoms. The fraction of sp³-hybridized carbons (Fsp3) is 0.714. The second kappa shape index (κ2) is 8.86. The lowest BCUT2D eigenvalue weighted by Crippen LogP contribution is -2.75. The summed E-state index contributed by atoms with van der Waals surface area (Å²) in [5.41, 5.74) is 0. The van der Waals surface area contributed by atoms with Gasteiger partial charge in [0, 0.05) is 13.0 Å². The Morgan fingerprint density at radius 1 is 0.600 bits per heavy atom. The third-order valence-corrected chi connectivity index (χ3v) is 3.70. The van der Waals surface area contributed by atoms with Gasteiger partial charge < -0.3 is 9.47 Å². The molecule has 0 aromatic rings. The van der Waals surface area contributed by atoms with Crippen molar-refractivity contribution in [2.45, 2.75) is 60.8 Å². The Morgan fingerprint density at radius 3 is 1.23 bits per heavy atom. The summed E-state index contributed by atoms with van der Waals surface area (Å²) in [6.45, 7) is 2.92. The Bertz CT molecular complexity index is 829. The summed E-state index contributed by atoms with van der Waals surface area (Å²) in [6, 6.07) is 0. The van der Waals surface area contributed by atoms with Crippen LogP contribution < -0.4 is 0 Å². The van der Waals surface area contributed by atoms with Crippen LogP contribution in [-0.2, 0) is 19.1 Å². The highest BCUT2D eigenvalue weighted by atomic mass is 19.4. The maximum absolute atomic E-state index is 13.6. The van der Waals surface area contributed by atoms with Crippen molar-refractivity contribution in [3.8, 4) is 0 Å². The number of esters is 2. The summed E-state index contributed by atoms with van der Waals surface area (Å²) < 4.78 is 229. The summed E-state index contributed by atoms with van der Waals surface area (Å²) >= 11 is 0. The molecule has 21 heteroatoms. The fourth-order valence-electron chi connectivity index (χ4n) is 1.75. The first-order valence-corrected chi connectivity index (χ1v) is 7.77. The van der Waals surface area contributed by atoms with Gasteiger partial charge in [0.15, 0.2) is 0 Å². The van der Waals surface area contributed by atoms with Crippen LogP contribution in [0.3, 0.4) is 0 Å². The topological polar surface area (TPSA) is 52.6 Å². The van der Waals surface area contributed by atoms with Gasteiger partial charge in [-0.1, -0.05) is 6.58 Å². The van der Waals surface area contributed by atoms with Gasteiger partial charge in [-0.25, -0.2) is 9.59 Å². The molecule has 1 unspecified atom stereocenters. The van der Waals surface area contributed by atoms with Gasteiger partial charge in [-0.2, -0.15) is 74.6 Å². The molecule has 35 heavy (non-hydrogen) atoms. The van der Waals surface area contributed by atoms with Crippen molar-refractivity contribution < 1.29 is 93.7 Å². The zero-order chi connectivity index (χ0) is 28.9. The summed E-state index contributed by atoms with van der Waals surface area (Å²) in [5, 5.41) is 0. The Labute approximate surface area is 180 Å². The van der Waals surface area contributed by atoms with Crippen molar-refractivity contribution in [1.82, 2.24) is 0 Å². The van der Waals surface area contributed by atoms with Gasteiger partial charge in [0.25, 0.3) is 0 Å². The minimum Gasteiger partial charge on any atom is -0.422 e. The molecule has 0 N–H and O–H groups in total. The first kappa shape index (κ1) is 32.5. The molecule has 0 rings (SSSR count). The summed E-state index contributed by atoms with van der Waals surface area (Å²) in [6.07, 6.45) is -10.4. The highest BCUT2D eigenvalue weighted by Crippen LogP contribution is 2.64. The number of halogens is 17. The maximum atomic E-state index is 13.6. The largest absolute Gasteiger partial charge is 0.460 e. The summed E-state index contributed by atoms with van der Waals surface area (Å²) in [4.78, 5) is 21.8. The Hall–Kier alpha value is -2.51. The number of alkyl halides is 17. The third kappa shape index (κ3) is 4.68. The molecule has 0 saturated carbocycles. The van der Waals surface area contributed by atoms with E-state index in [2.05, 4.69) is 16.1 Å². The molecule has 0 aromatic carbocycles. The highest BCUT2D eigenvalue weighted by Gasteiger charge is 2.96. The smallest absolute Gasteiger partial charge is 0.422 e. The van der Waals surface area contributed by atoms with Crippen LogP contribution in [0.4, 0.5) is 74.6 Å². The number of rotatable bonds is 10. The minimum absolute atomic E-state index is 0.213. The normalized spacial score (nSPS) is 15.9. The fourth-order valence-corrected chi connectivity index (χ4v) is 1.75. The van der Waals surface area contributed by atoms with Crippen LogP contribution in [0, 0.1) is 0 Å².